The van der Waals surface area contributed by atoms with Gasteiger partial charge in [0.05, 0.1) is 0 Å². The summed E-state index contributed by atoms with van der Waals surface area (Å²) in [6.07, 6.45) is 0.787. The molecule has 0 saturated heterocycles. The van der Waals surface area contributed by atoms with Crippen molar-refractivity contribution in [3.05, 3.63) is 29.8 Å². The Kier molecular flexibility index (Phi) is 7.66. The van der Waals surface area contributed by atoms with Crippen molar-refractivity contribution in [1.29, 1.82) is 0 Å². The average molecular weight is 269 g/mol. The largest absolute Gasteiger partial charge is 1.00 e. The Morgan fingerprint density at radius 3 is 2.18 bits per heavy atom. The molecule has 1 aromatic carbocycles. The zero-order valence-electron chi connectivity index (χ0n) is 9.84. The fraction of sp³-hybridized carbons (Fsp3) is 0.300. The molecule has 0 unspecified atom stereocenters. The summed E-state index contributed by atoms with van der Waals surface area (Å²) in [5.41, 5.74) is -0.440. The van der Waals surface area contributed by atoms with Crippen LogP contribution in [0, 0.1) is 0 Å². The summed E-state index contributed by atoms with van der Waals surface area (Å²) in [5.74, 6) is -0.344. The molecule has 1 amide bonds. The molecule has 17 heavy (non-hydrogen) atoms. The van der Waals surface area contributed by atoms with Gasteiger partial charge in [0.25, 0.3) is 5.91 Å². The van der Waals surface area contributed by atoms with E-state index in [0.717, 1.165) is 18.6 Å². The van der Waals surface area contributed by atoms with Gasteiger partial charge in [-0.25, -0.2) is 0 Å². The molecule has 0 spiro atoms. The smallest absolute Gasteiger partial charge is 0.445 e. The fourth-order valence-corrected chi connectivity index (χ4v) is 1.19. The number of hydrogen-bond donors (Lipinski definition) is 1. The minimum absolute atomic E-state index is 0. The SMILES string of the molecule is CCCNC(=O)c1ccc([B-](F)(F)F)cc1.[K+]. The van der Waals surface area contributed by atoms with Crippen molar-refractivity contribution in [2.24, 2.45) is 0 Å². The first-order valence-corrected chi connectivity index (χ1v) is 5.03. The molecule has 7 heteroatoms. The number of carbonyl (C=O) groups excluding carboxylic acids is 1. The molecule has 0 radical (unpaired) electrons. The summed E-state index contributed by atoms with van der Waals surface area (Å²) >= 11 is 0. The maximum Gasteiger partial charge on any atom is 1.00 e. The van der Waals surface area contributed by atoms with E-state index >= 15 is 0 Å². The molecular weight excluding hydrogens is 257 g/mol. The summed E-state index contributed by atoms with van der Waals surface area (Å²) < 4.78 is 36.9. The monoisotopic (exact) mass is 269 g/mol. The minimum Gasteiger partial charge on any atom is -0.445 e. The van der Waals surface area contributed by atoms with Crippen LogP contribution in [-0.2, 0) is 0 Å². The Morgan fingerprint density at radius 2 is 1.76 bits per heavy atom. The summed E-state index contributed by atoms with van der Waals surface area (Å²) in [6.45, 7) is -2.57. The van der Waals surface area contributed by atoms with Crippen molar-refractivity contribution >= 4 is 18.3 Å². The molecule has 0 aromatic heterocycles. The Morgan fingerprint density at radius 1 is 1.24 bits per heavy atom. The van der Waals surface area contributed by atoms with Crippen LogP contribution >= 0.6 is 0 Å². The van der Waals surface area contributed by atoms with Crippen molar-refractivity contribution in [2.45, 2.75) is 13.3 Å². The molecule has 2 nitrogen and oxygen atoms in total. The third-order valence-electron chi connectivity index (χ3n) is 2.09. The number of nitrogens with one attached hydrogen (secondary N) is 1. The molecule has 0 aliphatic carbocycles. The Hall–Kier alpha value is 0.181. The van der Waals surface area contributed by atoms with Crippen molar-refractivity contribution in [3.8, 4) is 0 Å². The molecule has 88 valence electrons. The Balaban J connectivity index is 0.00000256. The molecule has 0 aliphatic heterocycles. The maximum absolute atomic E-state index is 12.3. The molecule has 1 rings (SSSR count). The summed E-state index contributed by atoms with van der Waals surface area (Å²) in [5, 5.41) is 2.59. The van der Waals surface area contributed by atoms with Crippen molar-refractivity contribution in [3.63, 3.8) is 0 Å². The zero-order valence-corrected chi connectivity index (χ0v) is 13.0. The van der Waals surface area contributed by atoms with Gasteiger partial charge in [0.2, 0.25) is 0 Å². The maximum atomic E-state index is 12.3. The molecule has 0 saturated carbocycles. The van der Waals surface area contributed by atoms with Crippen LogP contribution in [0.3, 0.4) is 0 Å². The van der Waals surface area contributed by atoms with E-state index in [1.54, 1.807) is 0 Å². The van der Waals surface area contributed by atoms with Crippen LogP contribution in [0.25, 0.3) is 0 Å². The zero-order chi connectivity index (χ0) is 12.2. The Bertz CT molecular complexity index is 367. The topological polar surface area (TPSA) is 29.1 Å². The average Bonchev–Trinajstić information content (AvgIpc) is 2.25. The van der Waals surface area contributed by atoms with Crippen LogP contribution in [0.5, 0.6) is 0 Å². The molecule has 0 bridgehead atoms. The third-order valence-corrected chi connectivity index (χ3v) is 2.09. The minimum atomic E-state index is -4.99. The van der Waals surface area contributed by atoms with Gasteiger partial charge in [-0.15, -0.1) is 5.46 Å². The van der Waals surface area contributed by atoms with Crippen LogP contribution < -0.4 is 62.2 Å². The van der Waals surface area contributed by atoms with Gasteiger partial charge in [-0.1, -0.05) is 31.2 Å². The van der Waals surface area contributed by atoms with Gasteiger partial charge < -0.3 is 18.3 Å². The van der Waals surface area contributed by atoms with Gasteiger partial charge in [0.1, 0.15) is 0 Å². The predicted molar refractivity (Wildman–Crippen MR) is 57.8 cm³/mol. The van der Waals surface area contributed by atoms with Gasteiger partial charge in [-0.2, -0.15) is 0 Å². The van der Waals surface area contributed by atoms with E-state index in [4.69, 9.17) is 0 Å². The molecule has 1 N–H and O–H groups in total. The van der Waals surface area contributed by atoms with E-state index in [2.05, 4.69) is 5.32 Å². The first-order chi connectivity index (χ1) is 7.45. The number of halogens is 3. The van der Waals surface area contributed by atoms with Gasteiger partial charge in [-0.3, -0.25) is 4.79 Å². The van der Waals surface area contributed by atoms with Crippen LogP contribution in [-0.4, -0.2) is 19.4 Å². The summed E-state index contributed by atoms with van der Waals surface area (Å²) in [6, 6.07) is 4.24. The summed E-state index contributed by atoms with van der Waals surface area (Å²) in [7, 11) is 0. The first-order valence-electron chi connectivity index (χ1n) is 5.03. The van der Waals surface area contributed by atoms with E-state index < -0.39 is 12.4 Å². The number of hydrogen-bond acceptors (Lipinski definition) is 1. The Labute approximate surface area is 141 Å². The van der Waals surface area contributed by atoms with Crippen LogP contribution in [0.4, 0.5) is 12.9 Å². The molecule has 0 aliphatic rings. The molecule has 0 atom stereocenters. The number of carbonyl (C=O) groups is 1. The van der Waals surface area contributed by atoms with E-state index in [-0.39, 0.29) is 62.9 Å². The number of benzene rings is 1. The second kappa shape index (κ2) is 7.58. The number of amides is 1. The van der Waals surface area contributed by atoms with E-state index in [9.17, 15) is 17.7 Å². The van der Waals surface area contributed by atoms with Crippen molar-refractivity contribution < 1.29 is 69.1 Å². The van der Waals surface area contributed by atoms with Gasteiger partial charge in [0, 0.05) is 12.1 Å². The molecule has 0 fully saturated rings. The quantitative estimate of drug-likeness (QED) is 0.690. The third kappa shape index (κ3) is 5.57. The fourth-order valence-electron chi connectivity index (χ4n) is 1.19. The van der Waals surface area contributed by atoms with Crippen molar-refractivity contribution in [1.82, 2.24) is 5.32 Å². The van der Waals surface area contributed by atoms with E-state index in [1.165, 1.54) is 12.1 Å². The molecule has 1 aromatic rings. The van der Waals surface area contributed by atoms with Crippen LogP contribution in [0.15, 0.2) is 24.3 Å². The van der Waals surface area contributed by atoms with Gasteiger partial charge >= 0.3 is 58.4 Å². The number of rotatable bonds is 4. The van der Waals surface area contributed by atoms with E-state index in [0.29, 0.717) is 6.54 Å². The normalized spacial score (nSPS) is 10.6. The van der Waals surface area contributed by atoms with E-state index in [1.807, 2.05) is 6.92 Å². The second-order valence-electron chi connectivity index (χ2n) is 3.45. The molecular formula is C10H12BF3KNO. The first kappa shape index (κ1) is 17.2. The second-order valence-corrected chi connectivity index (χ2v) is 3.45. The van der Waals surface area contributed by atoms with Gasteiger partial charge in [-0.05, 0) is 6.42 Å². The standard InChI is InChI=1S/C10H12BF3NO.K/c1-2-7-15-10(16)8-3-5-9(6-4-8)11(12,13)14;/h3-6H,2,7H2,1H3,(H,15,16);/q-1;+1. The molecule has 0 heterocycles. The van der Waals surface area contributed by atoms with Crippen molar-refractivity contribution in [2.75, 3.05) is 6.54 Å². The summed E-state index contributed by atoms with van der Waals surface area (Å²) in [4.78, 5) is 11.4. The van der Waals surface area contributed by atoms with Gasteiger partial charge in [0.15, 0.2) is 0 Å². The van der Waals surface area contributed by atoms with Crippen LogP contribution in [0.1, 0.15) is 23.7 Å². The van der Waals surface area contributed by atoms with Crippen LogP contribution in [0.2, 0.25) is 0 Å². The predicted octanol–water partition coefficient (Wildman–Crippen LogP) is -1.12.